The number of fused-ring (bicyclic) bond motifs is 1. The summed E-state index contributed by atoms with van der Waals surface area (Å²) >= 11 is 7.43. The minimum atomic E-state index is -0.456. The highest BCUT2D eigenvalue weighted by Gasteiger charge is 2.15. The van der Waals surface area contributed by atoms with Gasteiger partial charge in [0, 0.05) is 22.5 Å². The van der Waals surface area contributed by atoms with E-state index in [0.717, 1.165) is 5.56 Å². The van der Waals surface area contributed by atoms with E-state index in [-0.39, 0.29) is 19.2 Å². The number of hydrogen-bond acceptors (Lipinski definition) is 6. The summed E-state index contributed by atoms with van der Waals surface area (Å²) in [4.78, 5) is 23.6. The van der Waals surface area contributed by atoms with Gasteiger partial charge in [-0.05, 0) is 23.8 Å². The third kappa shape index (κ3) is 5.06. The summed E-state index contributed by atoms with van der Waals surface area (Å²) < 4.78 is 15.4. The van der Waals surface area contributed by atoms with E-state index < -0.39 is 11.9 Å². The van der Waals surface area contributed by atoms with E-state index >= 15 is 0 Å². The average Bonchev–Trinajstić information content (AvgIpc) is 3.09. The van der Waals surface area contributed by atoms with Crippen molar-refractivity contribution in [3.8, 4) is 11.5 Å². The van der Waals surface area contributed by atoms with E-state index in [0.29, 0.717) is 28.0 Å². The van der Waals surface area contributed by atoms with Crippen LogP contribution in [0.4, 0.5) is 5.69 Å². The van der Waals surface area contributed by atoms with Crippen LogP contribution in [-0.4, -0.2) is 31.0 Å². The molecule has 2 aromatic carbocycles. The molecule has 1 amide bonds. The molecule has 0 aliphatic carbocycles. The summed E-state index contributed by atoms with van der Waals surface area (Å²) in [5.41, 5.74) is 1.50. The molecular weight excluding hydrogens is 378 g/mol. The van der Waals surface area contributed by atoms with Gasteiger partial charge in [0.15, 0.2) is 18.1 Å². The first kappa shape index (κ1) is 18.4. The summed E-state index contributed by atoms with van der Waals surface area (Å²) in [6.45, 7) is -0.184. The van der Waals surface area contributed by atoms with Gasteiger partial charge in [0.25, 0.3) is 5.91 Å². The van der Waals surface area contributed by atoms with Gasteiger partial charge in [-0.15, -0.1) is 11.8 Å². The van der Waals surface area contributed by atoms with Crippen molar-refractivity contribution in [2.45, 2.75) is 5.75 Å². The quantitative estimate of drug-likeness (QED) is 0.726. The van der Waals surface area contributed by atoms with Crippen LogP contribution >= 0.6 is 23.4 Å². The Morgan fingerprint density at radius 1 is 1.15 bits per heavy atom. The van der Waals surface area contributed by atoms with Gasteiger partial charge in [0.1, 0.15) is 0 Å². The van der Waals surface area contributed by atoms with E-state index in [1.807, 2.05) is 18.2 Å². The lowest BCUT2D eigenvalue weighted by molar-refractivity contribution is -0.144. The van der Waals surface area contributed by atoms with Crippen molar-refractivity contribution < 1.29 is 23.8 Å². The fraction of sp³-hybridized carbons (Fsp3) is 0.222. The van der Waals surface area contributed by atoms with Gasteiger partial charge >= 0.3 is 5.97 Å². The molecule has 3 rings (SSSR count). The maximum Gasteiger partial charge on any atom is 0.316 e. The number of benzene rings is 2. The van der Waals surface area contributed by atoms with Gasteiger partial charge in [0.2, 0.25) is 6.79 Å². The van der Waals surface area contributed by atoms with Gasteiger partial charge in [-0.2, -0.15) is 0 Å². The summed E-state index contributed by atoms with van der Waals surface area (Å²) in [6.07, 6.45) is 0. The zero-order valence-electron chi connectivity index (χ0n) is 13.7. The van der Waals surface area contributed by atoms with E-state index in [1.54, 1.807) is 24.3 Å². The molecule has 1 aliphatic rings. The van der Waals surface area contributed by atoms with Crippen molar-refractivity contribution in [1.29, 1.82) is 0 Å². The largest absolute Gasteiger partial charge is 0.455 e. The third-order valence-electron chi connectivity index (χ3n) is 3.46. The van der Waals surface area contributed by atoms with Gasteiger partial charge in [-0.25, -0.2) is 0 Å². The smallest absolute Gasteiger partial charge is 0.316 e. The molecule has 0 saturated carbocycles. The van der Waals surface area contributed by atoms with Crippen molar-refractivity contribution >= 4 is 40.9 Å². The number of hydrogen-bond donors (Lipinski definition) is 1. The van der Waals surface area contributed by atoms with Crippen LogP contribution in [0.3, 0.4) is 0 Å². The molecule has 0 unspecified atom stereocenters. The molecule has 1 aliphatic heterocycles. The lowest BCUT2D eigenvalue weighted by Crippen LogP contribution is -2.21. The SMILES string of the molecule is O=C(COC(=O)CSCc1ccccc1Cl)Nc1ccc2c(c1)OCO2. The maximum absolute atomic E-state index is 11.9. The lowest BCUT2D eigenvalue weighted by atomic mass is 10.2. The van der Waals surface area contributed by atoms with Crippen molar-refractivity contribution in [3.63, 3.8) is 0 Å². The number of rotatable bonds is 7. The molecule has 26 heavy (non-hydrogen) atoms. The van der Waals surface area contributed by atoms with E-state index in [2.05, 4.69) is 5.32 Å². The van der Waals surface area contributed by atoms with Crippen LogP contribution in [-0.2, 0) is 20.1 Å². The number of amides is 1. The number of halogens is 1. The molecule has 1 heterocycles. The Labute approximate surface area is 159 Å². The fourth-order valence-electron chi connectivity index (χ4n) is 2.22. The summed E-state index contributed by atoms with van der Waals surface area (Å²) in [6, 6.07) is 12.5. The monoisotopic (exact) mass is 393 g/mol. The Bertz CT molecular complexity index is 814. The zero-order chi connectivity index (χ0) is 18.4. The Morgan fingerprint density at radius 3 is 2.81 bits per heavy atom. The molecule has 0 atom stereocenters. The van der Waals surface area contributed by atoms with Gasteiger partial charge in [-0.1, -0.05) is 29.8 Å². The van der Waals surface area contributed by atoms with Crippen LogP contribution in [0, 0.1) is 0 Å². The Balaban J connectivity index is 1.37. The first-order valence-corrected chi connectivity index (χ1v) is 9.31. The highest BCUT2D eigenvalue weighted by Crippen LogP contribution is 2.34. The molecule has 0 bridgehead atoms. The van der Waals surface area contributed by atoms with Gasteiger partial charge in [0.05, 0.1) is 5.75 Å². The summed E-state index contributed by atoms with van der Waals surface area (Å²) in [5, 5.41) is 3.30. The van der Waals surface area contributed by atoms with Crippen LogP contribution < -0.4 is 14.8 Å². The summed E-state index contributed by atoms with van der Waals surface area (Å²) in [7, 11) is 0. The van der Waals surface area contributed by atoms with Crippen LogP contribution in [0.1, 0.15) is 5.56 Å². The summed E-state index contributed by atoms with van der Waals surface area (Å²) in [5.74, 6) is 1.05. The second-order valence-corrected chi connectivity index (χ2v) is 6.75. The molecule has 0 fully saturated rings. The lowest BCUT2D eigenvalue weighted by Gasteiger charge is -2.07. The average molecular weight is 394 g/mol. The number of anilines is 1. The van der Waals surface area contributed by atoms with Crippen molar-refractivity contribution in [2.75, 3.05) is 24.5 Å². The predicted octanol–water partition coefficient (Wildman–Crippen LogP) is 3.48. The number of nitrogens with one attached hydrogen (secondary N) is 1. The molecule has 0 aromatic heterocycles. The highest BCUT2D eigenvalue weighted by atomic mass is 35.5. The van der Waals surface area contributed by atoms with Crippen molar-refractivity contribution in [2.24, 2.45) is 0 Å². The molecule has 0 saturated heterocycles. The number of carbonyl (C=O) groups is 2. The first-order valence-electron chi connectivity index (χ1n) is 7.78. The van der Waals surface area contributed by atoms with Crippen molar-refractivity contribution in [3.05, 3.63) is 53.1 Å². The minimum Gasteiger partial charge on any atom is -0.455 e. The second kappa shape index (κ2) is 8.82. The number of esters is 1. The zero-order valence-corrected chi connectivity index (χ0v) is 15.3. The number of carbonyl (C=O) groups excluding carboxylic acids is 2. The Kier molecular flexibility index (Phi) is 6.25. The van der Waals surface area contributed by atoms with Crippen LogP contribution in [0.5, 0.6) is 11.5 Å². The van der Waals surface area contributed by atoms with E-state index in [4.69, 9.17) is 25.8 Å². The first-order chi connectivity index (χ1) is 12.6. The van der Waals surface area contributed by atoms with E-state index in [9.17, 15) is 9.59 Å². The fourth-order valence-corrected chi connectivity index (χ4v) is 3.32. The molecule has 0 radical (unpaired) electrons. The van der Waals surface area contributed by atoms with Gasteiger partial charge < -0.3 is 19.5 Å². The Hall–Kier alpha value is -2.38. The second-order valence-electron chi connectivity index (χ2n) is 5.36. The van der Waals surface area contributed by atoms with Crippen LogP contribution in [0.25, 0.3) is 0 Å². The number of ether oxygens (including phenoxy) is 3. The van der Waals surface area contributed by atoms with Crippen molar-refractivity contribution in [1.82, 2.24) is 0 Å². The molecule has 0 spiro atoms. The minimum absolute atomic E-state index is 0.141. The molecule has 1 N–H and O–H groups in total. The predicted molar refractivity (Wildman–Crippen MR) is 99.8 cm³/mol. The molecule has 6 nitrogen and oxygen atoms in total. The van der Waals surface area contributed by atoms with Crippen LogP contribution in [0.2, 0.25) is 5.02 Å². The molecular formula is C18H16ClNO5S. The standard InChI is InChI=1S/C18H16ClNO5S/c19-14-4-2-1-3-12(14)9-26-10-18(22)23-8-17(21)20-13-5-6-15-16(7-13)25-11-24-15/h1-7H,8-11H2,(H,20,21). The van der Waals surface area contributed by atoms with Gasteiger partial charge in [-0.3, -0.25) is 9.59 Å². The Morgan fingerprint density at radius 2 is 1.96 bits per heavy atom. The maximum atomic E-state index is 11.9. The number of thioether (sulfide) groups is 1. The molecule has 8 heteroatoms. The van der Waals surface area contributed by atoms with E-state index in [1.165, 1.54) is 11.8 Å². The molecule has 136 valence electrons. The van der Waals surface area contributed by atoms with Crippen LogP contribution in [0.15, 0.2) is 42.5 Å². The highest BCUT2D eigenvalue weighted by molar-refractivity contribution is 7.99. The molecule has 2 aromatic rings. The topological polar surface area (TPSA) is 73.9 Å². The normalized spacial score (nSPS) is 11.9. The third-order valence-corrected chi connectivity index (χ3v) is 4.78.